The molecule has 2 unspecified atom stereocenters. The summed E-state index contributed by atoms with van der Waals surface area (Å²) in [7, 11) is 0. The average molecular weight is 285 g/mol. The smallest absolute Gasteiger partial charge is 0.250 e. The molecule has 2 atom stereocenters. The molecular formula is C13H14ClFN2O2. The maximum Gasteiger partial charge on any atom is 0.250 e. The zero-order chi connectivity index (χ0) is 14.2. The lowest BCUT2D eigenvalue weighted by Crippen LogP contribution is -2.62. The second-order valence-corrected chi connectivity index (χ2v) is 4.84. The molecule has 4 nitrogen and oxygen atoms in total. The van der Waals surface area contributed by atoms with Gasteiger partial charge in [0, 0.05) is 0 Å². The number of nitrogens with one attached hydrogen (secondary N) is 1. The van der Waals surface area contributed by atoms with E-state index in [1.54, 1.807) is 13.8 Å². The summed E-state index contributed by atoms with van der Waals surface area (Å²) in [5, 5.41) is 2.69. The van der Waals surface area contributed by atoms with E-state index in [9.17, 15) is 14.0 Å². The van der Waals surface area contributed by atoms with Crippen LogP contribution in [0.4, 0.5) is 10.1 Å². The summed E-state index contributed by atoms with van der Waals surface area (Å²) in [6.07, 6.45) is 0.384. The van der Waals surface area contributed by atoms with Crippen LogP contribution in [0.25, 0.3) is 0 Å². The van der Waals surface area contributed by atoms with E-state index < -0.39 is 17.9 Å². The molecule has 1 aromatic carbocycles. The van der Waals surface area contributed by atoms with Gasteiger partial charge >= 0.3 is 0 Å². The van der Waals surface area contributed by atoms with Crippen LogP contribution in [0.5, 0.6) is 0 Å². The van der Waals surface area contributed by atoms with Gasteiger partial charge < -0.3 is 5.32 Å². The molecule has 2 amide bonds. The largest absolute Gasteiger partial charge is 0.343 e. The van der Waals surface area contributed by atoms with Crippen LogP contribution in [-0.4, -0.2) is 23.9 Å². The molecule has 1 N–H and O–H groups in total. The van der Waals surface area contributed by atoms with E-state index in [0.717, 1.165) is 0 Å². The zero-order valence-electron chi connectivity index (χ0n) is 10.6. The van der Waals surface area contributed by atoms with Gasteiger partial charge in [-0.05, 0) is 25.5 Å². The van der Waals surface area contributed by atoms with E-state index in [-0.39, 0.29) is 22.5 Å². The molecule has 0 radical (unpaired) electrons. The molecule has 19 heavy (non-hydrogen) atoms. The molecule has 1 aliphatic rings. The first-order chi connectivity index (χ1) is 8.97. The number of rotatable bonds is 2. The summed E-state index contributed by atoms with van der Waals surface area (Å²) in [4.78, 5) is 25.3. The van der Waals surface area contributed by atoms with Crippen LogP contribution in [0.15, 0.2) is 18.2 Å². The van der Waals surface area contributed by atoms with Crippen LogP contribution in [0.3, 0.4) is 0 Å². The van der Waals surface area contributed by atoms with Gasteiger partial charge in [0.15, 0.2) is 0 Å². The maximum absolute atomic E-state index is 14.0. The molecule has 0 aliphatic carbocycles. The number of nitrogens with zero attached hydrogens (tertiary/aromatic N) is 1. The number of piperazine rings is 1. The highest BCUT2D eigenvalue weighted by molar-refractivity contribution is 6.34. The van der Waals surface area contributed by atoms with E-state index in [2.05, 4.69) is 5.32 Å². The summed E-state index contributed by atoms with van der Waals surface area (Å²) in [6, 6.07) is 2.75. The Labute approximate surface area is 115 Å². The molecule has 1 fully saturated rings. The molecular weight excluding hydrogens is 271 g/mol. The number of hydrogen-bond acceptors (Lipinski definition) is 2. The molecule has 0 bridgehead atoms. The molecule has 1 heterocycles. The molecule has 1 aromatic rings. The monoisotopic (exact) mass is 284 g/mol. The molecule has 6 heteroatoms. The average Bonchev–Trinajstić information content (AvgIpc) is 2.35. The third kappa shape index (κ3) is 2.30. The third-order valence-electron chi connectivity index (χ3n) is 3.15. The van der Waals surface area contributed by atoms with Crippen LogP contribution < -0.4 is 10.2 Å². The number of amides is 2. The zero-order valence-corrected chi connectivity index (χ0v) is 11.4. The Morgan fingerprint density at radius 3 is 2.68 bits per heavy atom. The van der Waals surface area contributed by atoms with E-state index in [1.807, 2.05) is 0 Å². The first-order valence-electron chi connectivity index (χ1n) is 6.04. The fraction of sp³-hybridized carbons (Fsp3) is 0.385. The number of anilines is 1. The number of hydrogen-bond donors (Lipinski definition) is 1. The van der Waals surface area contributed by atoms with Crippen molar-refractivity contribution in [1.82, 2.24) is 5.32 Å². The summed E-state index contributed by atoms with van der Waals surface area (Å²) >= 11 is 5.98. The lowest BCUT2D eigenvalue weighted by atomic mass is 10.0. The second-order valence-electron chi connectivity index (χ2n) is 4.43. The van der Waals surface area contributed by atoms with E-state index in [1.165, 1.54) is 23.1 Å². The minimum absolute atomic E-state index is 0.0253. The van der Waals surface area contributed by atoms with Crippen LogP contribution in [0, 0.1) is 5.82 Å². The number of benzene rings is 1. The number of halogens is 2. The van der Waals surface area contributed by atoms with Gasteiger partial charge in [-0.3, -0.25) is 14.5 Å². The Morgan fingerprint density at radius 1 is 1.42 bits per heavy atom. The van der Waals surface area contributed by atoms with Crippen molar-refractivity contribution in [3.63, 3.8) is 0 Å². The molecule has 0 aromatic heterocycles. The van der Waals surface area contributed by atoms with Gasteiger partial charge in [-0.2, -0.15) is 0 Å². The van der Waals surface area contributed by atoms with Crippen molar-refractivity contribution >= 4 is 29.1 Å². The van der Waals surface area contributed by atoms with Gasteiger partial charge in [0.25, 0.3) is 0 Å². The van der Waals surface area contributed by atoms with Gasteiger partial charge in [-0.25, -0.2) is 4.39 Å². The predicted molar refractivity (Wildman–Crippen MR) is 70.6 cm³/mol. The quantitative estimate of drug-likeness (QED) is 0.904. The molecule has 1 aliphatic heterocycles. The molecule has 0 saturated carbocycles. The summed E-state index contributed by atoms with van der Waals surface area (Å²) in [6.45, 7) is 3.32. The van der Waals surface area contributed by atoms with E-state index >= 15 is 0 Å². The Balaban J connectivity index is 2.55. The van der Waals surface area contributed by atoms with Crippen molar-refractivity contribution < 1.29 is 14.0 Å². The van der Waals surface area contributed by atoms with Gasteiger partial charge in [-0.15, -0.1) is 0 Å². The Morgan fingerprint density at radius 2 is 2.11 bits per heavy atom. The van der Waals surface area contributed by atoms with Crippen molar-refractivity contribution in [2.24, 2.45) is 0 Å². The van der Waals surface area contributed by atoms with Crippen LogP contribution >= 0.6 is 11.6 Å². The van der Waals surface area contributed by atoms with Crippen LogP contribution in [0.2, 0.25) is 5.02 Å². The molecule has 102 valence electrons. The van der Waals surface area contributed by atoms with Crippen LogP contribution in [0.1, 0.15) is 20.3 Å². The normalized spacial score (nSPS) is 23.5. The van der Waals surface area contributed by atoms with Gasteiger partial charge in [0.2, 0.25) is 11.8 Å². The SMILES string of the molecule is CCC1C(=O)NC(C)C(=O)N1c1c(F)cccc1Cl. The van der Waals surface area contributed by atoms with Gasteiger partial charge in [0.05, 0.1) is 10.7 Å². The highest BCUT2D eigenvalue weighted by Crippen LogP contribution is 2.32. The third-order valence-corrected chi connectivity index (χ3v) is 3.45. The molecule has 2 rings (SSSR count). The van der Waals surface area contributed by atoms with Crippen molar-refractivity contribution in [3.05, 3.63) is 29.0 Å². The summed E-state index contributed by atoms with van der Waals surface area (Å²) < 4.78 is 14.0. The Bertz CT molecular complexity index is 515. The fourth-order valence-corrected chi connectivity index (χ4v) is 2.46. The van der Waals surface area contributed by atoms with Gasteiger partial charge in [-0.1, -0.05) is 24.6 Å². The highest BCUT2D eigenvalue weighted by atomic mass is 35.5. The molecule has 0 spiro atoms. The Hall–Kier alpha value is -1.62. The van der Waals surface area contributed by atoms with E-state index in [4.69, 9.17) is 11.6 Å². The topological polar surface area (TPSA) is 49.4 Å². The number of carbonyl (C=O) groups excluding carboxylic acids is 2. The highest BCUT2D eigenvalue weighted by Gasteiger charge is 2.40. The summed E-state index contributed by atoms with van der Waals surface area (Å²) in [5.41, 5.74) is -0.0253. The summed E-state index contributed by atoms with van der Waals surface area (Å²) in [5.74, 6) is -1.27. The standard InChI is InChI=1S/C13H14ClFN2O2/c1-3-10-12(18)16-7(2)13(19)17(10)11-8(14)5-4-6-9(11)15/h4-7,10H,3H2,1-2H3,(H,16,18). The number of carbonyl (C=O) groups is 2. The predicted octanol–water partition coefficient (Wildman–Crippen LogP) is 2.11. The lowest BCUT2D eigenvalue weighted by molar-refractivity contribution is -0.133. The lowest BCUT2D eigenvalue weighted by Gasteiger charge is -2.37. The van der Waals surface area contributed by atoms with Crippen molar-refractivity contribution in [3.8, 4) is 0 Å². The minimum atomic E-state index is -0.738. The van der Waals surface area contributed by atoms with Crippen molar-refractivity contribution in [1.29, 1.82) is 0 Å². The van der Waals surface area contributed by atoms with Crippen LogP contribution in [-0.2, 0) is 9.59 Å². The minimum Gasteiger partial charge on any atom is -0.343 e. The first-order valence-corrected chi connectivity index (χ1v) is 6.42. The Kier molecular flexibility index (Phi) is 3.75. The molecule has 1 saturated heterocycles. The second kappa shape index (κ2) is 5.17. The van der Waals surface area contributed by atoms with Crippen molar-refractivity contribution in [2.45, 2.75) is 32.4 Å². The number of para-hydroxylation sites is 1. The maximum atomic E-state index is 14.0. The van der Waals surface area contributed by atoms with E-state index in [0.29, 0.717) is 6.42 Å². The fourth-order valence-electron chi connectivity index (χ4n) is 2.20. The van der Waals surface area contributed by atoms with Gasteiger partial charge in [0.1, 0.15) is 17.9 Å². The first kappa shape index (κ1) is 13.8. The van der Waals surface area contributed by atoms with Crippen molar-refractivity contribution in [2.75, 3.05) is 4.90 Å².